The van der Waals surface area contributed by atoms with Gasteiger partial charge in [-0.05, 0) is 110 Å². The number of anilines is 3. The molecular formula is C61H42N2. The van der Waals surface area contributed by atoms with Crippen LogP contribution in [-0.4, -0.2) is 4.57 Å². The van der Waals surface area contributed by atoms with E-state index in [0.717, 1.165) is 28.3 Å². The van der Waals surface area contributed by atoms with E-state index in [1.54, 1.807) is 0 Å². The molecule has 0 spiro atoms. The molecule has 0 atom stereocenters. The molecule has 1 heterocycles. The summed E-state index contributed by atoms with van der Waals surface area (Å²) in [6, 6.07) is 93.3. The Kier molecular flexibility index (Phi) is 8.76. The molecule has 0 saturated heterocycles. The van der Waals surface area contributed by atoms with Crippen LogP contribution in [0.15, 0.2) is 255 Å². The van der Waals surface area contributed by atoms with Gasteiger partial charge < -0.3 is 9.47 Å². The molecule has 0 fully saturated rings. The highest BCUT2D eigenvalue weighted by atomic mass is 15.1. The fourth-order valence-electron chi connectivity index (χ4n) is 10.3. The summed E-state index contributed by atoms with van der Waals surface area (Å²) in [7, 11) is 0. The molecular weight excluding hydrogens is 761 g/mol. The molecule has 63 heavy (non-hydrogen) atoms. The lowest BCUT2D eigenvalue weighted by Crippen LogP contribution is -2.28. The van der Waals surface area contributed by atoms with Gasteiger partial charge in [0.1, 0.15) is 0 Å². The van der Waals surface area contributed by atoms with Crippen molar-refractivity contribution in [2.45, 2.75) is 5.41 Å². The quantitative estimate of drug-likeness (QED) is 0.149. The Morgan fingerprint density at radius 1 is 0.302 bits per heavy atom. The minimum atomic E-state index is -0.518. The van der Waals surface area contributed by atoms with E-state index in [1.807, 2.05) is 0 Å². The van der Waals surface area contributed by atoms with Crippen molar-refractivity contribution in [1.29, 1.82) is 0 Å². The van der Waals surface area contributed by atoms with E-state index < -0.39 is 5.41 Å². The van der Waals surface area contributed by atoms with Crippen LogP contribution < -0.4 is 4.90 Å². The Morgan fingerprint density at radius 2 is 0.762 bits per heavy atom. The highest BCUT2D eigenvalue weighted by molar-refractivity contribution is 6.10. The minimum Gasteiger partial charge on any atom is -0.310 e. The highest BCUT2D eigenvalue weighted by Gasteiger charge is 2.46. The summed E-state index contributed by atoms with van der Waals surface area (Å²) in [5.74, 6) is 0. The topological polar surface area (TPSA) is 8.17 Å². The van der Waals surface area contributed by atoms with Crippen LogP contribution in [0.25, 0.3) is 60.9 Å². The van der Waals surface area contributed by atoms with Gasteiger partial charge in [-0.15, -0.1) is 0 Å². The number of rotatable bonds is 8. The second-order valence-electron chi connectivity index (χ2n) is 16.5. The van der Waals surface area contributed by atoms with E-state index in [0.29, 0.717) is 0 Å². The maximum atomic E-state index is 2.46. The van der Waals surface area contributed by atoms with Gasteiger partial charge in [0.25, 0.3) is 0 Å². The van der Waals surface area contributed by atoms with Crippen LogP contribution in [0.2, 0.25) is 0 Å². The van der Waals surface area contributed by atoms with Crippen LogP contribution in [0.4, 0.5) is 17.1 Å². The number of hydrogen-bond acceptors (Lipinski definition) is 1. The van der Waals surface area contributed by atoms with Crippen molar-refractivity contribution in [3.8, 4) is 39.1 Å². The second kappa shape index (κ2) is 15.1. The van der Waals surface area contributed by atoms with Crippen molar-refractivity contribution in [2.75, 3.05) is 4.90 Å². The number of para-hydroxylation sites is 1. The summed E-state index contributed by atoms with van der Waals surface area (Å²) < 4.78 is 2.43. The van der Waals surface area contributed by atoms with Crippen molar-refractivity contribution in [2.24, 2.45) is 0 Å². The van der Waals surface area contributed by atoms with Crippen LogP contribution in [0.3, 0.4) is 0 Å². The first-order chi connectivity index (χ1) is 31.3. The highest BCUT2D eigenvalue weighted by Crippen LogP contribution is 2.57. The fourth-order valence-corrected chi connectivity index (χ4v) is 10.3. The van der Waals surface area contributed by atoms with Crippen molar-refractivity contribution >= 4 is 38.9 Å². The maximum absolute atomic E-state index is 2.46. The van der Waals surface area contributed by atoms with Crippen molar-refractivity contribution < 1.29 is 0 Å². The SMILES string of the molecule is c1ccc(-c2ccc(N(c3ccc4c(c3)C(c3ccccc3)(c3ccccc3)c3ccccc3-4)c3ccc4c5ccccc5n(-c5ccc(-c6ccccc6)cc5)c4c3)cc2)cc1. The third kappa shape index (κ3) is 5.95. The monoisotopic (exact) mass is 802 g/mol. The van der Waals surface area contributed by atoms with E-state index in [4.69, 9.17) is 0 Å². The normalized spacial score (nSPS) is 12.6. The first kappa shape index (κ1) is 36.6. The number of aromatic nitrogens is 1. The predicted molar refractivity (Wildman–Crippen MR) is 264 cm³/mol. The number of hydrogen-bond donors (Lipinski definition) is 0. The molecule has 1 aromatic heterocycles. The molecule has 2 nitrogen and oxygen atoms in total. The van der Waals surface area contributed by atoms with Gasteiger partial charge in [0.05, 0.1) is 16.4 Å². The van der Waals surface area contributed by atoms with Gasteiger partial charge in [0.2, 0.25) is 0 Å². The van der Waals surface area contributed by atoms with Crippen LogP contribution in [-0.2, 0) is 5.41 Å². The summed E-state index contributed by atoms with van der Waals surface area (Å²) >= 11 is 0. The fraction of sp³-hybridized carbons (Fsp3) is 0.0164. The zero-order valence-electron chi connectivity index (χ0n) is 34.6. The molecule has 0 N–H and O–H groups in total. The molecule has 11 aromatic rings. The van der Waals surface area contributed by atoms with Gasteiger partial charge in [-0.2, -0.15) is 0 Å². The Morgan fingerprint density at radius 3 is 1.41 bits per heavy atom. The smallest absolute Gasteiger partial charge is 0.0714 e. The standard InChI is InChI=1S/C61H42N2/c1-5-17-43(18-6-1)45-29-33-49(34-30-45)62(51-37-39-54-53-25-13-15-27-57(53)61(58(54)41-51,47-21-9-3-10-22-47)48-23-11-4-12-24-48)52-38-40-56-55-26-14-16-28-59(55)63(60(56)42-52)50-35-31-46(32-36-50)44-19-7-2-8-20-44/h1-42H. The average molecular weight is 803 g/mol. The maximum Gasteiger partial charge on any atom is 0.0714 e. The van der Waals surface area contributed by atoms with Crippen molar-refractivity contribution in [3.05, 3.63) is 277 Å². The van der Waals surface area contributed by atoms with Crippen LogP contribution in [0.5, 0.6) is 0 Å². The Balaban J connectivity index is 1.09. The van der Waals surface area contributed by atoms with Gasteiger partial charge in [-0.1, -0.05) is 200 Å². The lowest BCUT2D eigenvalue weighted by atomic mass is 9.67. The zero-order chi connectivity index (χ0) is 41.7. The van der Waals surface area contributed by atoms with Crippen LogP contribution in [0, 0.1) is 0 Å². The van der Waals surface area contributed by atoms with E-state index >= 15 is 0 Å². The molecule has 0 radical (unpaired) electrons. The first-order valence-electron chi connectivity index (χ1n) is 21.8. The van der Waals surface area contributed by atoms with Crippen molar-refractivity contribution in [3.63, 3.8) is 0 Å². The van der Waals surface area contributed by atoms with Crippen LogP contribution >= 0.6 is 0 Å². The number of fused-ring (bicyclic) bond motifs is 6. The summed E-state index contributed by atoms with van der Waals surface area (Å²) in [5.41, 5.74) is 18.6. The first-order valence-corrected chi connectivity index (χ1v) is 21.8. The summed E-state index contributed by atoms with van der Waals surface area (Å²) in [6.45, 7) is 0. The average Bonchev–Trinajstić information content (AvgIpc) is 3.85. The Labute approximate surface area is 368 Å². The molecule has 0 amide bonds. The van der Waals surface area contributed by atoms with Gasteiger partial charge in [-0.25, -0.2) is 0 Å². The Hall–Kier alpha value is -8.20. The van der Waals surface area contributed by atoms with Gasteiger partial charge >= 0.3 is 0 Å². The molecule has 296 valence electrons. The van der Waals surface area contributed by atoms with Gasteiger partial charge in [0.15, 0.2) is 0 Å². The minimum absolute atomic E-state index is 0.518. The number of nitrogens with zero attached hydrogens (tertiary/aromatic N) is 2. The molecule has 0 bridgehead atoms. The molecule has 1 aliphatic carbocycles. The van der Waals surface area contributed by atoms with E-state index in [1.165, 1.54) is 71.9 Å². The zero-order valence-corrected chi connectivity index (χ0v) is 34.6. The molecule has 12 rings (SSSR count). The third-order valence-electron chi connectivity index (χ3n) is 13.1. The molecule has 2 heteroatoms. The predicted octanol–water partition coefficient (Wildman–Crippen LogP) is 16.0. The summed E-state index contributed by atoms with van der Waals surface area (Å²) in [4.78, 5) is 2.44. The summed E-state index contributed by atoms with van der Waals surface area (Å²) in [6.07, 6.45) is 0. The lowest BCUT2D eigenvalue weighted by Gasteiger charge is -2.35. The van der Waals surface area contributed by atoms with Gasteiger partial charge in [0, 0.05) is 33.5 Å². The molecule has 0 saturated carbocycles. The van der Waals surface area contributed by atoms with Gasteiger partial charge in [-0.3, -0.25) is 0 Å². The molecule has 0 unspecified atom stereocenters. The molecule has 0 aliphatic heterocycles. The summed E-state index contributed by atoms with van der Waals surface area (Å²) in [5, 5.41) is 2.45. The van der Waals surface area contributed by atoms with E-state index in [2.05, 4.69) is 264 Å². The van der Waals surface area contributed by atoms with E-state index in [9.17, 15) is 0 Å². The van der Waals surface area contributed by atoms with Crippen molar-refractivity contribution in [1.82, 2.24) is 4.57 Å². The molecule has 1 aliphatic rings. The second-order valence-corrected chi connectivity index (χ2v) is 16.5. The van der Waals surface area contributed by atoms with E-state index in [-0.39, 0.29) is 0 Å². The van der Waals surface area contributed by atoms with Crippen LogP contribution in [0.1, 0.15) is 22.3 Å². The third-order valence-corrected chi connectivity index (χ3v) is 13.1. The number of benzene rings is 10. The Bertz CT molecular complexity index is 3370. The largest absolute Gasteiger partial charge is 0.310 e. The lowest BCUT2D eigenvalue weighted by molar-refractivity contribution is 0.768. The molecule has 10 aromatic carbocycles.